The summed E-state index contributed by atoms with van der Waals surface area (Å²) in [4.78, 5) is 60.0. The summed E-state index contributed by atoms with van der Waals surface area (Å²) in [5.41, 5.74) is 10.9. The first kappa shape index (κ1) is 29.3. The van der Waals surface area contributed by atoms with Gasteiger partial charge in [-0.3, -0.25) is 19.2 Å². The van der Waals surface area contributed by atoms with E-state index in [2.05, 4.69) is 16.0 Å². The molecule has 0 rings (SSSR count). The number of nitrogens with two attached hydrogens (primary N) is 2. The maximum absolute atomic E-state index is 12.8. The van der Waals surface area contributed by atoms with Gasteiger partial charge in [0.1, 0.15) is 18.1 Å². The van der Waals surface area contributed by atoms with Crippen molar-refractivity contribution in [2.75, 3.05) is 0 Å². The minimum absolute atomic E-state index is 0.00171. The molecule has 5 atom stereocenters. The molecule has 0 saturated carbocycles. The minimum Gasteiger partial charge on any atom is -0.480 e. The normalized spacial score (nSPS) is 15.9. The number of carbonyl (C=O) groups excluding carboxylic acids is 4. The quantitative estimate of drug-likeness (QED) is 0.157. The number of aliphatic hydroxyl groups excluding tert-OH is 1. The van der Waals surface area contributed by atoms with E-state index in [1.54, 1.807) is 0 Å². The Labute approximate surface area is 187 Å². The van der Waals surface area contributed by atoms with E-state index >= 15 is 0 Å². The van der Waals surface area contributed by atoms with Crippen molar-refractivity contribution in [3.05, 3.63) is 0 Å². The van der Waals surface area contributed by atoms with Gasteiger partial charge in [0.2, 0.25) is 23.6 Å². The number of amides is 4. The SMILES string of the molecule is CC(C)CC(N)C(=O)NC(CC(C)C)C(=O)NC(C(=O)NC(CC(N)=O)C(=O)O)C(C)O. The summed E-state index contributed by atoms with van der Waals surface area (Å²) < 4.78 is 0. The summed E-state index contributed by atoms with van der Waals surface area (Å²) in [6.45, 7) is 8.70. The predicted octanol–water partition coefficient (Wildman–Crippen LogP) is -1.80. The lowest BCUT2D eigenvalue weighted by molar-refractivity contribution is -0.144. The second-order valence-corrected chi connectivity index (χ2v) is 8.72. The molecule has 0 radical (unpaired) electrons. The highest BCUT2D eigenvalue weighted by Crippen LogP contribution is 2.09. The maximum atomic E-state index is 12.8. The monoisotopic (exact) mass is 459 g/mol. The van der Waals surface area contributed by atoms with Crippen molar-refractivity contribution in [1.29, 1.82) is 0 Å². The number of hydrogen-bond donors (Lipinski definition) is 7. The van der Waals surface area contributed by atoms with Gasteiger partial charge in [-0.2, -0.15) is 0 Å². The number of carboxylic acids is 1. The number of rotatable bonds is 14. The Morgan fingerprint density at radius 3 is 1.69 bits per heavy atom. The van der Waals surface area contributed by atoms with Crippen LogP contribution in [0.5, 0.6) is 0 Å². The smallest absolute Gasteiger partial charge is 0.326 e. The second-order valence-electron chi connectivity index (χ2n) is 8.72. The third kappa shape index (κ3) is 11.0. The Kier molecular flexibility index (Phi) is 12.5. The van der Waals surface area contributed by atoms with Crippen molar-refractivity contribution in [3.8, 4) is 0 Å². The molecule has 0 heterocycles. The molecule has 0 aliphatic carbocycles. The van der Waals surface area contributed by atoms with Crippen LogP contribution in [0.4, 0.5) is 0 Å². The third-order valence-electron chi connectivity index (χ3n) is 4.48. The Hall–Kier alpha value is -2.73. The average Bonchev–Trinajstić information content (AvgIpc) is 2.62. The predicted molar refractivity (Wildman–Crippen MR) is 116 cm³/mol. The van der Waals surface area contributed by atoms with Gasteiger partial charge in [-0.05, 0) is 31.6 Å². The summed E-state index contributed by atoms with van der Waals surface area (Å²) >= 11 is 0. The van der Waals surface area contributed by atoms with Gasteiger partial charge < -0.3 is 37.6 Å². The van der Waals surface area contributed by atoms with Crippen molar-refractivity contribution < 1.29 is 34.2 Å². The van der Waals surface area contributed by atoms with Crippen molar-refractivity contribution in [2.24, 2.45) is 23.3 Å². The molecule has 32 heavy (non-hydrogen) atoms. The lowest BCUT2D eigenvalue weighted by Crippen LogP contribution is -2.60. The van der Waals surface area contributed by atoms with E-state index in [9.17, 15) is 29.1 Å². The third-order valence-corrected chi connectivity index (χ3v) is 4.48. The number of primary amides is 1. The molecular formula is C20H37N5O7. The molecule has 12 nitrogen and oxygen atoms in total. The van der Waals surface area contributed by atoms with E-state index in [0.29, 0.717) is 6.42 Å². The highest BCUT2D eigenvalue weighted by molar-refractivity contribution is 5.95. The Morgan fingerprint density at radius 1 is 0.781 bits per heavy atom. The van der Waals surface area contributed by atoms with Crippen LogP contribution in [0.1, 0.15) is 53.9 Å². The molecule has 9 N–H and O–H groups in total. The highest BCUT2D eigenvalue weighted by atomic mass is 16.4. The van der Waals surface area contributed by atoms with Crippen LogP contribution in [0.3, 0.4) is 0 Å². The molecule has 0 spiro atoms. The van der Waals surface area contributed by atoms with Gasteiger partial charge in [0, 0.05) is 0 Å². The average molecular weight is 460 g/mol. The molecule has 0 aromatic heterocycles. The van der Waals surface area contributed by atoms with Gasteiger partial charge in [-0.1, -0.05) is 27.7 Å². The van der Waals surface area contributed by atoms with Crippen molar-refractivity contribution in [3.63, 3.8) is 0 Å². The zero-order valence-corrected chi connectivity index (χ0v) is 19.3. The van der Waals surface area contributed by atoms with Crippen LogP contribution < -0.4 is 27.4 Å². The van der Waals surface area contributed by atoms with Gasteiger partial charge in [0.25, 0.3) is 0 Å². The fourth-order valence-corrected chi connectivity index (χ4v) is 2.92. The molecule has 12 heteroatoms. The van der Waals surface area contributed by atoms with Crippen molar-refractivity contribution >= 4 is 29.6 Å². The summed E-state index contributed by atoms with van der Waals surface area (Å²) in [6.07, 6.45) is -1.42. The summed E-state index contributed by atoms with van der Waals surface area (Å²) in [7, 11) is 0. The number of aliphatic hydroxyl groups is 1. The van der Waals surface area contributed by atoms with Crippen LogP contribution in [0.2, 0.25) is 0 Å². The fourth-order valence-electron chi connectivity index (χ4n) is 2.92. The van der Waals surface area contributed by atoms with E-state index in [0.717, 1.165) is 0 Å². The molecule has 5 unspecified atom stereocenters. The number of carbonyl (C=O) groups is 5. The van der Waals surface area contributed by atoms with Crippen LogP contribution in [0.25, 0.3) is 0 Å². The second kappa shape index (κ2) is 13.6. The minimum atomic E-state index is -1.63. The highest BCUT2D eigenvalue weighted by Gasteiger charge is 2.33. The van der Waals surface area contributed by atoms with Crippen molar-refractivity contribution in [2.45, 2.75) is 84.2 Å². The number of carboxylic acid groups (broad SMARTS) is 1. The van der Waals surface area contributed by atoms with E-state index in [-0.39, 0.29) is 18.3 Å². The first-order chi connectivity index (χ1) is 14.6. The summed E-state index contributed by atoms with van der Waals surface area (Å²) in [5.74, 6) is -4.58. The van der Waals surface area contributed by atoms with Crippen LogP contribution in [0.15, 0.2) is 0 Å². The lowest BCUT2D eigenvalue weighted by atomic mass is 10.00. The molecule has 0 aromatic carbocycles. The largest absolute Gasteiger partial charge is 0.480 e. The summed E-state index contributed by atoms with van der Waals surface area (Å²) in [5, 5.41) is 26.1. The molecule has 0 fully saturated rings. The number of hydrogen-bond acceptors (Lipinski definition) is 7. The maximum Gasteiger partial charge on any atom is 0.326 e. The number of nitrogens with one attached hydrogen (secondary N) is 3. The van der Waals surface area contributed by atoms with Gasteiger partial charge in [0.05, 0.1) is 18.6 Å². The first-order valence-electron chi connectivity index (χ1n) is 10.5. The van der Waals surface area contributed by atoms with Crippen LogP contribution in [0, 0.1) is 11.8 Å². The molecule has 0 saturated heterocycles. The molecule has 0 aliphatic rings. The molecule has 4 amide bonds. The van der Waals surface area contributed by atoms with E-state index in [4.69, 9.17) is 16.6 Å². The van der Waals surface area contributed by atoms with Crippen molar-refractivity contribution in [1.82, 2.24) is 16.0 Å². The number of aliphatic carboxylic acids is 1. The lowest BCUT2D eigenvalue weighted by Gasteiger charge is -2.27. The Balaban J connectivity index is 5.43. The molecular weight excluding hydrogens is 422 g/mol. The molecule has 0 aromatic rings. The molecule has 0 bridgehead atoms. The van der Waals surface area contributed by atoms with Gasteiger partial charge >= 0.3 is 5.97 Å². The van der Waals surface area contributed by atoms with Gasteiger partial charge in [-0.15, -0.1) is 0 Å². The Morgan fingerprint density at radius 2 is 1.28 bits per heavy atom. The standard InChI is InChI=1S/C20H37N5O7/c1-9(2)6-12(21)17(28)23-13(7-10(3)4)18(29)25-16(11(5)26)19(30)24-14(20(31)32)8-15(22)27/h9-14,16,26H,6-8,21H2,1-5H3,(H2,22,27)(H,23,28)(H,24,30)(H,25,29)(H,31,32). The van der Waals surface area contributed by atoms with E-state index < -0.39 is 66.3 Å². The van der Waals surface area contributed by atoms with E-state index in [1.165, 1.54) is 6.92 Å². The fraction of sp³-hybridized carbons (Fsp3) is 0.750. The first-order valence-corrected chi connectivity index (χ1v) is 10.5. The molecule has 0 aliphatic heterocycles. The van der Waals surface area contributed by atoms with Crippen LogP contribution in [-0.4, -0.2) is 70.1 Å². The summed E-state index contributed by atoms with van der Waals surface area (Å²) in [6, 6.07) is -5.01. The zero-order chi connectivity index (χ0) is 25.2. The van der Waals surface area contributed by atoms with Gasteiger partial charge in [0.15, 0.2) is 0 Å². The van der Waals surface area contributed by atoms with Gasteiger partial charge in [-0.25, -0.2) is 4.79 Å². The molecule has 184 valence electrons. The topological polar surface area (TPSA) is 214 Å². The van der Waals surface area contributed by atoms with E-state index in [1.807, 2.05) is 27.7 Å². The zero-order valence-electron chi connectivity index (χ0n) is 19.3. The van der Waals surface area contributed by atoms with Crippen LogP contribution >= 0.6 is 0 Å². The Bertz CT molecular complexity index is 681. The van der Waals surface area contributed by atoms with Crippen LogP contribution in [-0.2, 0) is 24.0 Å².